The van der Waals surface area contributed by atoms with Gasteiger partial charge in [0, 0.05) is 23.5 Å². The van der Waals surface area contributed by atoms with E-state index in [4.69, 9.17) is 0 Å². The van der Waals surface area contributed by atoms with Crippen LogP contribution in [-0.2, 0) is 14.8 Å². The zero-order valence-corrected chi connectivity index (χ0v) is 15.5. The second-order valence-electron chi connectivity index (χ2n) is 5.98. The highest BCUT2D eigenvalue weighted by Gasteiger charge is 2.27. The molecule has 2 heterocycles. The molecule has 1 saturated heterocycles. The zero-order chi connectivity index (χ0) is 18.7. The summed E-state index contributed by atoms with van der Waals surface area (Å²) in [5.74, 6) is -1.85. The highest BCUT2D eigenvalue weighted by Crippen LogP contribution is 2.31. The van der Waals surface area contributed by atoms with Crippen LogP contribution >= 0.6 is 11.3 Å². The van der Waals surface area contributed by atoms with Crippen molar-refractivity contribution in [3.63, 3.8) is 0 Å². The molecule has 2 aromatic rings. The predicted molar refractivity (Wildman–Crippen MR) is 96.2 cm³/mol. The van der Waals surface area contributed by atoms with Gasteiger partial charge in [-0.2, -0.15) is 4.31 Å². The first-order valence-electron chi connectivity index (χ1n) is 8.17. The lowest BCUT2D eigenvalue weighted by molar-refractivity contribution is -0.295. The van der Waals surface area contributed by atoms with Crippen LogP contribution in [0.15, 0.2) is 40.6 Å². The Labute approximate surface area is 155 Å². The number of carboxylic acid groups (broad SMARTS) is 1. The summed E-state index contributed by atoms with van der Waals surface area (Å²) in [4.78, 5) is 11.8. The molecule has 0 aliphatic carbocycles. The molecule has 3 rings (SSSR count). The van der Waals surface area contributed by atoms with Crippen LogP contribution < -0.4 is 5.11 Å². The second kappa shape index (κ2) is 7.69. The Bertz CT molecular complexity index is 926. The van der Waals surface area contributed by atoms with Crippen molar-refractivity contribution in [2.24, 2.45) is 0 Å². The maximum Gasteiger partial charge on any atom is 0.252 e. The number of carboxylic acids is 1. The minimum atomic E-state index is -3.62. The number of carbonyl (C=O) groups excluding carboxylic acids is 1. The topological polar surface area (TPSA) is 77.5 Å². The van der Waals surface area contributed by atoms with Crippen LogP contribution in [0, 0.1) is 5.82 Å². The van der Waals surface area contributed by atoms with Gasteiger partial charge in [0.2, 0.25) is 0 Å². The summed E-state index contributed by atoms with van der Waals surface area (Å²) >= 11 is 0.899. The Kier molecular flexibility index (Phi) is 5.55. The molecule has 1 aliphatic heterocycles. The van der Waals surface area contributed by atoms with Crippen molar-refractivity contribution < 1.29 is 22.7 Å². The quantitative estimate of drug-likeness (QED) is 0.730. The molecular weight excluding hydrogens is 377 g/mol. The molecule has 1 fully saturated rings. The van der Waals surface area contributed by atoms with E-state index >= 15 is 0 Å². The number of piperidine rings is 1. The highest BCUT2D eigenvalue weighted by molar-refractivity contribution is 7.91. The van der Waals surface area contributed by atoms with E-state index in [1.165, 1.54) is 46.8 Å². The number of hydrogen-bond acceptors (Lipinski definition) is 5. The highest BCUT2D eigenvalue weighted by atomic mass is 32.2. The van der Waals surface area contributed by atoms with Crippen molar-refractivity contribution in [2.45, 2.75) is 23.5 Å². The predicted octanol–water partition coefficient (Wildman–Crippen LogP) is 2.35. The second-order valence-corrected chi connectivity index (χ2v) is 9.23. The van der Waals surface area contributed by atoms with E-state index in [2.05, 4.69) is 0 Å². The van der Waals surface area contributed by atoms with Crippen molar-refractivity contribution in [1.29, 1.82) is 0 Å². The van der Waals surface area contributed by atoms with Gasteiger partial charge in [-0.1, -0.05) is 18.6 Å². The molecule has 0 atom stereocenters. The number of halogens is 1. The number of nitrogens with zero attached hydrogens (tertiary/aromatic N) is 1. The molecule has 1 aromatic carbocycles. The van der Waals surface area contributed by atoms with Gasteiger partial charge in [0.25, 0.3) is 10.0 Å². The standard InChI is InChI=1S/C18H18FNO4S2/c19-14-6-4-13(5-7-14)12-15(18(21)22)16-8-9-17(25-16)26(23,24)20-10-2-1-3-11-20/h4-9,12H,1-3,10-11H2,(H,21,22)/p-1/b15-12-. The fourth-order valence-electron chi connectivity index (χ4n) is 2.79. The van der Waals surface area contributed by atoms with E-state index in [1.807, 2.05) is 0 Å². The fourth-order valence-corrected chi connectivity index (χ4v) is 5.77. The first-order valence-corrected chi connectivity index (χ1v) is 10.4. The number of hydrogen-bond donors (Lipinski definition) is 0. The number of thiophene rings is 1. The molecule has 0 saturated carbocycles. The Balaban J connectivity index is 1.93. The summed E-state index contributed by atoms with van der Waals surface area (Å²) in [6.45, 7) is 0.961. The van der Waals surface area contributed by atoms with Gasteiger partial charge in [-0.3, -0.25) is 0 Å². The molecule has 0 amide bonds. The minimum absolute atomic E-state index is 0.112. The van der Waals surface area contributed by atoms with E-state index in [0.29, 0.717) is 18.7 Å². The molecule has 0 N–H and O–H groups in total. The van der Waals surface area contributed by atoms with Crippen molar-refractivity contribution in [2.75, 3.05) is 13.1 Å². The smallest absolute Gasteiger partial charge is 0.252 e. The van der Waals surface area contributed by atoms with Crippen LogP contribution in [-0.4, -0.2) is 31.8 Å². The Hall–Kier alpha value is -2.03. The van der Waals surface area contributed by atoms with E-state index in [-0.39, 0.29) is 14.7 Å². The number of aliphatic carboxylic acids is 1. The van der Waals surface area contributed by atoms with Gasteiger partial charge >= 0.3 is 0 Å². The van der Waals surface area contributed by atoms with Crippen LogP contribution in [0.3, 0.4) is 0 Å². The van der Waals surface area contributed by atoms with Gasteiger partial charge in [-0.15, -0.1) is 11.3 Å². The van der Waals surface area contributed by atoms with Crippen LogP contribution in [0.25, 0.3) is 11.6 Å². The third-order valence-corrected chi connectivity index (χ3v) is 7.64. The third-order valence-electron chi connectivity index (χ3n) is 4.16. The molecule has 8 heteroatoms. The average molecular weight is 394 g/mol. The van der Waals surface area contributed by atoms with Crippen molar-refractivity contribution >= 4 is 39.0 Å². The minimum Gasteiger partial charge on any atom is -0.545 e. The maximum atomic E-state index is 13.0. The number of sulfonamides is 1. The van der Waals surface area contributed by atoms with Crippen LogP contribution in [0.4, 0.5) is 4.39 Å². The molecule has 0 radical (unpaired) electrons. The number of carbonyl (C=O) groups is 1. The number of rotatable bonds is 5. The molecule has 1 aliphatic rings. The van der Waals surface area contributed by atoms with Gasteiger partial charge in [0.05, 0.1) is 5.97 Å². The third kappa shape index (κ3) is 4.03. The zero-order valence-electron chi connectivity index (χ0n) is 13.9. The van der Waals surface area contributed by atoms with E-state index in [9.17, 15) is 22.7 Å². The van der Waals surface area contributed by atoms with Gasteiger partial charge in [0.1, 0.15) is 10.0 Å². The lowest BCUT2D eigenvalue weighted by Crippen LogP contribution is -2.35. The summed E-state index contributed by atoms with van der Waals surface area (Å²) in [6, 6.07) is 8.21. The van der Waals surface area contributed by atoms with E-state index in [1.54, 1.807) is 0 Å². The molecule has 0 spiro atoms. The average Bonchev–Trinajstić information content (AvgIpc) is 3.12. The molecule has 138 valence electrons. The van der Waals surface area contributed by atoms with Gasteiger partial charge < -0.3 is 9.90 Å². The van der Waals surface area contributed by atoms with Gasteiger partial charge in [0.15, 0.2) is 0 Å². The summed E-state index contributed by atoms with van der Waals surface area (Å²) in [5.41, 5.74) is 0.348. The monoisotopic (exact) mass is 394 g/mol. The largest absolute Gasteiger partial charge is 0.545 e. The number of benzene rings is 1. The van der Waals surface area contributed by atoms with Crippen LogP contribution in [0.2, 0.25) is 0 Å². The molecule has 0 bridgehead atoms. The summed E-state index contributed by atoms with van der Waals surface area (Å²) < 4.78 is 40.0. The fraction of sp³-hybridized carbons (Fsp3) is 0.278. The van der Waals surface area contributed by atoms with Crippen molar-refractivity contribution in [1.82, 2.24) is 4.31 Å². The Morgan fingerprint density at radius 2 is 1.73 bits per heavy atom. The van der Waals surface area contributed by atoms with Crippen LogP contribution in [0.5, 0.6) is 0 Å². The lowest BCUT2D eigenvalue weighted by atomic mass is 10.1. The van der Waals surface area contributed by atoms with Gasteiger partial charge in [-0.25, -0.2) is 12.8 Å². The first kappa shape index (κ1) is 18.8. The van der Waals surface area contributed by atoms with Crippen molar-refractivity contribution in [3.8, 4) is 0 Å². The van der Waals surface area contributed by atoms with Gasteiger partial charge in [-0.05, 0) is 48.7 Å². The maximum absolute atomic E-state index is 13.0. The lowest BCUT2D eigenvalue weighted by Gasteiger charge is -2.25. The Morgan fingerprint density at radius 3 is 2.35 bits per heavy atom. The SMILES string of the molecule is O=C([O-])/C(=C\c1ccc(F)cc1)c1ccc(S(=O)(=O)N2CCCCC2)s1. The first-order chi connectivity index (χ1) is 12.4. The molecule has 1 aromatic heterocycles. The summed E-state index contributed by atoms with van der Waals surface area (Å²) in [6.07, 6.45) is 4.01. The Morgan fingerprint density at radius 1 is 1.08 bits per heavy atom. The summed E-state index contributed by atoms with van der Waals surface area (Å²) in [7, 11) is -3.62. The van der Waals surface area contributed by atoms with Crippen molar-refractivity contribution in [3.05, 3.63) is 52.7 Å². The summed E-state index contributed by atoms with van der Waals surface area (Å²) in [5, 5.41) is 11.5. The van der Waals surface area contributed by atoms with E-state index in [0.717, 1.165) is 30.6 Å². The van der Waals surface area contributed by atoms with Crippen LogP contribution in [0.1, 0.15) is 29.7 Å². The molecular formula is C18H17FNO4S2-. The molecule has 26 heavy (non-hydrogen) atoms. The molecule has 0 unspecified atom stereocenters. The molecule has 5 nitrogen and oxygen atoms in total. The van der Waals surface area contributed by atoms with E-state index < -0.39 is 21.8 Å². The normalized spacial score (nSPS) is 16.6.